The fourth-order valence-electron chi connectivity index (χ4n) is 1.70. The molecule has 6 nitrogen and oxygen atoms in total. The van der Waals surface area contributed by atoms with E-state index in [1.54, 1.807) is 0 Å². The number of nitrogens with zero attached hydrogens (tertiary/aromatic N) is 1. The number of halogens is 2. The number of para-hydroxylation sites is 1. The zero-order valence-corrected chi connectivity index (χ0v) is 10.1. The molecule has 104 valence electrons. The molecule has 0 spiro atoms. The second kappa shape index (κ2) is 5.49. The lowest BCUT2D eigenvalue weighted by Gasteiger charge is -2.10. The van der Waals surface area contributed by atoms with Crippen LogP contribution >= 0.6 is 0 Å². The van der Waals surface area contributed by atoms with Gasteiger partial charge in [0.2, 0.25) is 0 Å². The van der Waals surface area contributed by atoms with E-state index in [1.165, 1.54) is 30.3 Å². The number of nitrogens with one attached hydrogen (secondary N) is 2. The molecule has 2 aromatic rings. The van der Waals surface area contributed by atoms with Crippen molar-refractivity contribution < 1.29 is 13.7 Å². The summed E-state index contributed by atoms with van der Waals surface area (Å²) in [6, 6.07) is 7.76. The summed E-state index contributed by atoms with van der Waals surface area (Å²) in [6.45, 7) is 0. The maximum Gasteiger partial charge on any atom is 0.316 e. The number of hydrogen-bond acceptors (Lipinski definition) is 5. The molecule has 0 aliphatic rings. The van der Waals surface area contributed by atoms with Gasteiger partial charge in [0.25, 0.3) is 0 Å². The van der Waals surface area contributed by atoms with Crippen LogP contribution in [0.2, 0.25) is 0 Å². The van der Waals surface area contributed by atoms with Crippen LogP contribution in [0.15, 0.2) is 36.4 Å². The van der Waals surface area contributed by atoms with Crippen LogP contribution in [0.4, 0.5) is 31.5 Å². The molecule has 0 aliphatic heterocycles. The molecule has 0 aromatic heterocycles. The van der Waals surface area contributed by atoms with E-state index in [0.29, 0.717) is 0 Å². The molecule has 0 atom stereocenters. The lowest BCUT2D eigenvalue weighted by Crippen LogP contribution is -2.10. The molecular formula is C12H10F2N4O2. The van der Waals surface area contributed by atoms with Gasteiger partial charge in [-0.25, -0.2) is 8.78 Å². The molecule has 4 N–H and O–H groups in total. The minimum atomic E-state index is -1.12. The fraction of sp³-hybridized carbons (Fsp3) is 0. The number of benzene rings is 2. The van der Waals surface area contributed by atoms with Crippen molar-refractivity contribution in [3.05, 3.63) is 58.1 Å². The average molecular weight is 280 g/mol. The zero-order valence-electron chi connectivity index (χ0n) is 10.1. The van der Waals surface area contributed by atoms with E-state index in [9.17, 15) is 18.9 Å². The van der Waals surface area contributed by atoms with Crippen molar-refractivity contribution in [2.24, 2.45) is 5.84 Å². The first-order chi connectivity index (χ1) is 9.54. The number of nitro groups is 1. The standard InChI is InChI=1S/C12H10F2N4O2/c13-7-3-1-4-8(11(7)14)16-9-5-2-6-10(17-15)12(9)18(19)20/h1-6,16-17H,15H2. The number of nitro benzene ring substituents is 1. The van der Waals surface area contributed by atoms with Gasteiger partial charge in [0.15, 0.2) is 11.6 Å². The van der Waals surface area contributed by atoms with Gasteiger partial charge in [0.1, 0.15) is 11.4 Å². The lowest BCUT2D eigenvalue weighted by molar-refractivity contribution is -0.383. The summed E-state index contributed by atoms with van der Waals surface area (Å²) >= 11 is 0. The third-order valence-electron chi connectivity index (χ3n) is 2.60. The second-order valence-corrected chi connectivity index (χ2v) is 3.83. The molecule has 0 bridgehead atoms. The smallest absolute Gasteiger partial charge is 0.316 e. The Morgan fingerprint density at radius 2 is 1.65 bits per heavy atom. The predicted molar refractivity (Wildman–Crippen MR) is 70.5 cm³/mol. The van der Waals surface area contributed by atoms with Crippen LogP contribution in [0.3, 0.4) is 0 Å². The molecule has 2 aromatic carbocycles. The topological polar surface area (TPSA) is 93.2 Å². The van der Waals surface area contributed by atoms with Crippen molar-refractivity contribution in [3.8, 4) is 0 Å². The Labute approximate surface area is 112 Å². The molecular weight excluding hydrogens is 270 g/mol. The summed E-state index contributed by atoms with van der Waals surface area (Å²) in [5.41, 5.74) is 1.66. The number of hydrogen-bond donors (Lipinski definition) is 3. The molecule has 0 amide bonds. The number of rotatable bonds is 4. The van der Waals surface area contributed by atoms with E-state index in [2.05, 4.69) is 10.7 Å². The Hall–Kier alpha value is -2.74. The van der Waals surface area contributed by atoms with Crippen LogP contribution in [-0.2, 0) is 0 Å². The van der Waals surface area contributed by atoms with Gasteiger partial charge in [-0.2, -0.15) is 0 Å². The van der Waals surface area contributed by atoms with Crippen molar-refractivity contribution in [3.63, 3.8) is 0 Å². The maximum absolute atomic E-state index is 13.6. The summed E-state index contributed by atoms with van der Waals surface area (Å²) in [5, 5.41) is 13.5. The quantitative estimate of drug-likeness (QED) is 0.455. The molecule has 0 fully saturated rings. The summed E-state index contributed by atoms with van der Waals surface area (Å²) in [7, 11) is 0. The molecule has 20 heavy (non-hydrogen) atoms. The first-order valence-corrected chi connectivity index (χ1v) is 5.49. The van der Waals surface area contributed by atoms with Crippen LogP contribution in [0.1, 0.15) is 0 Å². The van der Waals surface area contributed by atoms with Crippen molar-refractivity contribution >= 4 is 22.7 Å². The minimum Gasteiger partial charge on any atom is -0.347 e. The molecule has 0 radical (unpaired) electrons. The largest absolute Gasteiger partial charge is 0.347 e. The Balaban J connectivity index is 2.48. The Kier molecular flexibility index (Phi) is 3.76. The van der Waals surface area contributed by atoms with Crippen LogP contribution in [0, 0.1) is 21.7 Å². The highest BCUT2D eigenvalue weighted by Gasteiger charge is 2.20. The van der Waals surface area contributed by atoms with Gasteiger partial charge in [0.05, 0.1) is 10.6 Å². The van der Waals surface area contributed by atoms with E-state index in [1.807, 2.05) is 0 Å². The van der Waals surface area contributed by atoms with E-state index < -0.39 is 16.6 Å². The predicted octanol–water partition coefficient (Wildman–Crippen LogP) is 2.90. The monoisotopic (exact) mass is 280 g/mol. The van der Waals surface area contributed by atoms with Gasteiger partial charge in [-0.1, -0.05) is 12.1 Å². The molecule has 0 heterocycles. The van der Waals surface area contributed by atoms with Crippen molar-refractivity contribution in [1.29, 1.82) is 0 Å². The van der Waals surface area contributed by atoms with Crippen molar-refractivity contribution in [2.75, 3.05) is 10.7 Å². The van der Waals surface area contributed by atoms with Gasteiger partial charge >= 0.3 is 5.69 Å². The van der Waals surface area contributed by atoms with Gasteiger partial charge in [-0.3, -0.25) is 16.0 Å². The first kappa shape index (κ1) is 13.7. The van der Waals surface area contributed by atoms with Gasteiger partial charge < -0.3 is 10.7 Å². The Bertz CT molecular complexity index is 664. The molecule has 0 aliphatic carbocycles. The maximum atomic E-state index is 13.6. The molecule has 2 rings (SSSR count). The molecule has 0 saturated carbocycles. The molecule has 0 unspecified atom stereocenters. The first-order valence-electron chi connectivity index (χ1n) is 5.49. The second-order valence-electron chi connectivity index (χ2n) is 3.83. The summed E-state index contributed by atoms with van der Waals surface area (Å²) in [4.78, 5) is 10.4. The highest BCUT2D eigenvalue weighted by Crippen LogP contribution is 2.34. The van der Waals surface area contributed by atoms with Crippen LogP contribution in [0.25, 0.3) is 0 Å². The third kappa shape index (κ3) is 2.50. The average Bonchev–Trinajstić information content (AvgIpc) is 2.43. The normalized spacial score (nSPS) is 10.2. The lowest BCUT2D eigenvalue weighted by atomic mass is 10.2. The van der Waals surface area contributed by atoms with Crippen LogP contribution < -0.4 is 16.6 Å². The van der Waals surface area contributed by atoms with Crippen LogP contribution in [0.5, 0.6) is 0 Å². The van der Waals surface area contributed by atoms with E-state index in [0.717, 1.165) is 6.07 Å². The number of nitrogens with two attached hydrogens (primary N) is 1. The number of anilines is 3. The summed E-state index contributed by atoms with van der Waals surface area (Å²) < 4.78 is 26.7. The number of nitrogen functional groups attached to an aromatic ring is 1. The van der Waals surface area contributed by atoms with Crippen molar-refractivity contribution in [1.82, 2.24) is 0 Å². The highest BCUT2D eigenvalue weighted by atomic mass is 19.2. The highest BCUT2D eigenvalue weighted by molar-refractivity contribution is 5.79. The minimum absolute atomic E-state index is 0.00468. The Morgan fingerprint density at radius 1 is 1.05 bits per heavy atom. The van der Waals surface area contributed by atoms with Crippen molar-refractivity contribution in [2.45, 2.75) is 0 Å². The Morgan fingerprint density at radius 3 is 2.30 bits per heavy atom. The third-order valence-corrected chi connectivity index (χ3v) is 2.60. The number of hydrazine groups is 1. The fourth-order valence-corrected chi connectivity index (χ4v) is 1.70. The zero-order chi connectivity index (χ0) is 14.7. The SMILES string of the molecule is NNc1cccc(Nc2cccc(F)c2F)c1[N+](=O)[O-]. The van der Waals surface area contributed by atoms with Gasteiger partial charge in [-0.15, -0.1) is 0 Å². The molecule has 0 saturated heterocycles. The summed E-state index contributed by atoms with van der Waals surface area (Å²) in [5.74, 6) is 3.02. The van der Waals surface area contributed by atoms with Gasteiger partial charge in [0, 0.05) is 0 Å². The van der Waals surface area contributed by atoms with Gasteiger partial charge in [-0.05, 0) is 24.3 Å². The summed E-state index contributed by atoms with van der Waals surface area (Å²) in [6.07, 6.45) is 0. The van der Waals surface area contributed by atoms with Crippen LogP contribution in [-0.4, -0.2) is 4.92 Å². The molecule has 8 heteroatoms. The van der Waals surface area contributed by atoms with E-state index in [4.69, 9.17) is 5.84 Å². The van der Waals surface area contributed by atoms with E-state index in [-0.39, 0.29) is 22.7 Å². The van der Waals surface area contributed by atoms with E-state index >= 15 is 0 Å².